The van der Waals surface area contributed by atoms with E-state index >= 15 is 0 Å². The fourth-order valence-electron chi connectivity index (χ4n) is 2.79. The third-order valence-corrected chi connectivity index (χ3v) is 3.92. The van der Waals surface area contributed by atoms with Crippen molar-refractivity contribution in [1.29, 1.82) is 10.5 Å². The van der Waals surface area contributed by atoms with Crippen LogP contribution in [0.3, 0.4) is 0 Å². The van der Waals surface area contributed by atoms with Crippen LogP contribution >= 0.6 is 0 Å². The minimum atomic E-state index is -0.883. The molecule has 0 aromatic heterocycles. The lowest BCUT2D eigenvalue weighted by atomic mass is 9.82. The van der Waals surface area contributed by atoms with Crippen molar-refractivity contribution in [3.8, 4) is 23.6 Å². The van der Waals surface area contributed by atoms with Crippen molar-refractivity contribution in [1.82, 2.24) is 0 Å². The summed E-state index contributed by atoms with van der Waals surface area (Å²) >= 11 is 0. The molecule has 2 N–H and O–H groups in total. The number of methoxy groups -OCH3 is 1. The largest absolute Gasteiger partial charge is 0.497 e. The summed E-state index contributed by atoms with van der Waals surface area (Å²) in [4.78, 5) is 12.6. The van der Waals surface area contributed by atoms with Crippen LogP contribution < -0.4 is 15.2 Å². The minimum absolute atomic E-state index is 0.0405. The number of ether oxygens (including phenoxy) is 4. The number of hydrogen-bond acceptors (Lipinski definition) is 8. The molecule has 0 aliphatic carbocycles. The zero-order valence-corrected chi connectivity index (χ0v) is 15.2. The zero-order valence-electron chi connectivity index (χ0n) is 15.2. The van der Waals surface area contributed by atoms with Crippen molar-refractivity contribution in [2.24, 2.45) is 5.73 Å². The summed E-state index contributed by atoms with van der Waals surface area (Å²) in [6.07, 6.45) is 0. The molecule has 0 saturated carbocycles. The monoisotopic (exact) mass is 369 g/mol. The normalized spacial score (nSPS) is 16.1. The van der Waals surface area contributed by atoms with Crippen molar-refractivity contribution < 1.29 is 23.7 Å². The molecule has 1 aromatic carbocycles. The summed E-state index contributed by atoms with van der Waals surface area (Å²) < 4.78 is 21.3. The molecule has 0 amide bonds. The molecule has 0 spiro atoms. The lowest BCUT2D eigenvalue weighted by molar-refractivity contribution is -0.139. The number of benzene rings is 1. The Morgan fingerprint density at radius 3 is 2.70 bits per heavy atom. The fraction of sp³-hybridized carbons (Fsp3) is 0.316. The number of carbonyl (C=O) groups excluding carboxylic acids is 1. The van der Waals surface area contributed by atoms with E-state index in [4.69, 9.17) is 29.9 Å². The zero-order chi connectivity index (χ0) is 20.0. The smallest absolute Gasteiger partial charge is 0.338 e. The Labute approximate surface area is 157 Å². The van der Waals surface area contributed by atoms with Gasteiger partial charge in [-0.25, -0.2) is 4.79 Å². The van der Waals surface area contributed by atoms with Gasteiger partial charge in [-0.2, -0.15) is 10.5 Å². The van der Waals surface area contributed by atoms with E-state index in [9.17, 15) is 10.1 Å². The van der Waals surface area contributed by atoms with Crippen LogP contribution in [0.2, 0.25) is 0 Å². The van der Waals surface area contributed by atoms with Gasteiger partial charge in [0.05, 0.1) is 25.2 Å². The number of hydrogen-bond donors (Lipinski definition) is 1. The van der Waals surface area contributed by atoms with E-state index in [-0.39, 0.29) is 36.0 Å². The molecule has 1 aromatic rings. The summed E-state index contributed by atoms with van der Waals surface area (Å²) in [5.74, 6) is -0.594. The Balaban J connectivity index is 2.72. The molecule has 8 nitrogen and oxygen atoms in total. The SMILES string of the molecule is CCOC(=O)C1=C(C)OC(N)=C(C#N)C1c1cc(OC)ccc1OCC#N. The first-order valence-electron chi connectivity index (χ1n) is 8.11. The van der Waals surface area contributed by atoms with Gasteiger partial charge in [0.1, 0.15) is 35.0 Å². The van der Waals surface area contributed by atoms with Crippen LogP contribution in [0.4, 0.5) is 0 Å². The number of nitrogens with zero attached hydrogens (tertiary/aromatic N) is 2. The standard InChI is InChI=1S/C19H19N3O5/c1-4-25-19(23)16-11(2)27-18(22)14(10-21)17(16)13-9-12(24-3)5-6-15(13)26-8-7-20/h5-6,9,17H,4,8,22H2,1-3H3. The number of esters is 1. The maximum Gasteiger partial charge on any atom is 0.338 e. The molecule has 2 rings (SSSR count). The molecule has 27 heavy (non-hydrogen) atoms. The number of nitriles is 2. The Bertz CT molecular complexity index is 890. The highest BCUT2D eigenvalue weighted by molar-refractivity contribution is 5.92. The van der Waals surface area contributed by atoms with Crippen LogP contribution in [0.15, 0.2) is 41.0 Å². The molecular formula is C19H19N3O5. The van der Waals surface area contributed by atoms with Gasteiger partial charge in [0.2, 0.25) is 5.88 Å². The van der Waals surface area contributed by atoms with Gasteiger partial charge in [-0.15, -0.1) is 0 Å². The van der Waals surface area contributed by atoms with Gasteiger partial charge in [-0.3, -0.25) is 0 Å². The number of nitrogens with two attached hydrogens (primary N) is 1. The first-order chi connectivity index (χ1) is 13.0. The van der Waals surface area contributed by atoms with Crippen molar-refractivity contribution >= 4 is 5.97 Å². The molecule has 0 saturated heterocycles. The summed E-state index contributed by atoms with van der Waals surface area (Å²) in [6.45, 7) is 3.19. The first-order valence-corrected chi connectivity index (χ1v) is 8.11. The van der Waals surface area contributed by atoms with E-state index in [0.717, 1.165) is 0 Å². The molecule has 0 bridgehead atoms. The summed E-state index contributed by atoms with van der Waals surface area (Å²) in [6, 6.07) is 8.76. The second-order valence-electron chi connectivity index (χ2n) is 5.47. The number of rotatable bonds is 6. The molecule has 1 heterocycles. The Hall–Kier alpha value is -3.65. The second kappa shape index (κ2) is 8.63. The second-order valence-corrected chi connectivity index (χ2v) is 5.47. The topological polar surface area (TPSA) is 128 Å². The first kappa shape index (κ1) is 19.7. The predicted octanol–water partition coefficient (Wildman–Crippen LogP) is 2.24. The molecule has 1 atom stereocenters. The predicted molar refractivity (Wildman–Crippen MR) is 94.1 cm³/mol. The molecule has 140 valence electrons. The van der Waals surface area contributed by atoms with Gasteiger partial charge in [-0.1, -0.05) is 0 Å². The van der Waals surface area contributed by atoms with Gasteiger partial charge in [-0.05, 0) is 32.0 Å². The van der Waals surface area contributed by atoms with E-state index in [1.807, 2.05) is 12.1 Å². The van der Waals surface area contributed by atoms with Crippen LogP contribution in [-0.4, -0.2) is 26.3 Å². The average molecular weight is 369 g/mol. The number of carbonyl (C=O) groups is 1. The average Bonchev–Trinajstić information content (AvgIpc) is 2.65. The van der Waals surface area contributed by atoms with E-state index in [1.165, 1.54) is 7.11 Å². The summed E-state index contributed by atoms with van der Waals surface area (Å²) in [5, 5.41) is 18.5. The lowest BCUT2D eigenvalue weighted by Crippen LogP contribution is -2.26. The molecule has 0 fully saturated rings. The highest BCUT2D eigenvalue weighted by atomic mass is 16.5. The van der Waals surface area contributed by atoms with Crippen LogP contribution in [0.5, 0.6) is 11.5 Å². The van der Waals surface area contributed by atoms with E-state index in [1.54, 1.807) is 32.0 Å². The Morgan fingerprint density at radius 2 is 2.11 bits per heavy atom. The van der Waals surface area contributed by atoms with Gasteiger partial charge in [0.25, 0.3) is 0 Å². The highest BCUT2D eigenvalue weighted by Crippen LogP contribution is 2.44. The van der Waals surface area contributed by atoms with Crippen LogP contribution in [-0.2, 0) is 14.3 Å². The van der Waals surface area contributed by atoms with E-state index in [0.29, 0.717) is 17.1 Å². The molecule has 0 radical (unpaired) electrons. The quantitative estimate of drug-likeness (QED) is 0.756. The Kier molecular flexibility index (Phi) is 6.29. The van der Waals surface area contributed by atoms with Crippen LogP contribution in [0, 0.1) is 22.7 Å². The van der Waals surface area contributed by atoms with Gasteiger partial charge < -0.3 is 24.7 Å². The molecule has 8 heteroatoms. The maximum atomic E-state index is 12.6. The van der Waals surface area contributed by atoms with Crippen LogP contribution in [0.25, 0.3) is 0 Å². The third-order valence-electron chi connectivity index (χ3n) is 3.92. The van der Waals surface area contributed by atoms with Crippen molar-refractivity contribution in [3.05, 3.63) is 46.6 Å². The van der Waals surface area contributed by atoms with Crippen LogP contribution in [0.1, 0.15) is 25.3 Å². The molecule has 1 aliphatic heterocycles. The van der Waals surface area contributed by atoms with E-state index in [2.05, 4.69) is 0 Å². The maximum absolute atomic E-state index is 12.6. The van der Waals surface area contributed by atoms with Gasteiger partial charge >= 0.3 is 5.97 Å². The number of allylic oxidation sites excluding steroid dienone is 2. The van der Waals surface area contributed by atoms with Gasteiger partial charge in [0, 0.05) is 5.56 Å². The summed E-state index contributed by atoms with van der Waals surface area (Å²) in [5.41, 5.74) is 6.51. The van der Waals surface area contributed by atoms with Gasteiger partial charge in [0.15, 0.2) is 6.61 Å². The summed E-state index contributed by atoms with van der Waals surface area (Å²) in [7, 11) is 1.49. The molecular weight excluding hydrogens is 350 g/mol. The van der Waals surface area contributed by atoms with E-state index < -0.39 is 11.9 Å². The molecule has 1 aliphatic rings. The van der Waals surface area contributed by atoms with Crippen molar-refractivity contribution in [2.45, 2.75) is 19.8 Å². The fourth-order valence-corrected chi connectivity index (χ4v) is 2.79. The highest BCUT2D eigenvalue weighted by Gasteiger charge is 2.38. The third kappa shape index (κ3) is 3.96. The van der Waals surface area contributed by atoms with Crippen molar-refractivity contribution in [3.63, 3.8) is 0 Å². The lowest BCUT2D eigenvalue weighted by Gasteiger charge is -2.28. The minimum Gasteiger partial charge on any atom is -0.497 e. The Morgan fingerprint density at radius 1 is 1.37 bits per heavy atom. The van der Waals surface area contributed by atoms with Crippen molar-refractivity contribution in [2.75, 3.05) is 20.3 Å². The molecule has 1 unspecified atom stereocenters.